The fourth-order valence-electron chi connectivity index (χ4n) is 5.96. The van der Waals surface area contributed by atoms with Crippen LogP contribution in [0.25, 0.3) is 0 Å². The molecule has 1 aromatic heterocycles. The molecule has 0 bridgehead atoms. The number of rotatable bonds is 12. The van der Waals surface area contributed by atoms with E-state index >= 15 is 0 Å². The van der Waals surface area contributed by atoms with Crippen molar-refractivity contribution in [3.05, 3.63) is 42.1 Å². The lowest BCUT2D eigenvalue weighted by atomic mass is 9.96. The van der Waals surface area contributed by atoms with E-state index in [1.54, 1.807) is 18.0 Å². The summed E-state index contributed by atoms with van der Waals surface area (Å²) >= 11 is 0. The normalized spacial score (nSPS) is 18.7. The van der Waals surface area contributed by atoms with E-state index < -0.39 is 15.8 Å². The van der Waals surface area contributed by atoms with Crippen LogP contribution >= 0.6 is 0 Å². The molecule has 0 radical (unpaired) electrons. The summed E-state index contributed by atoms with van der Waals surface area (Å²) in [5, 5.41) is 0. The maximum Gasteiger partial charge on any atom is 0.258 e. The molecule has 1 atom stereocenters. The minimum Gasteiger partial charge on any atom is -0.451 e. The van der Waals surface area contributed by atoms with E-state index in [-0.39, 0.29) is 35.1 Å². The first kappa shape index (κ1) is 32.1. The van der Waals surface area contributed by atoms with Crippen LogP contribution in [0.2, 0.25) is 0 Å². The Morgan fingerprint density at radius 1 is 1.10 bits per heavy atom. The van der Waals surface area contributed by atoms with Gasteiger partial charge in [0.15, 0.2) is 11.6 Å². The number of aromatic nitrogens is 2. The van der Waals surface area contributed by atoms with E-state index in [4.69, 9.17) is 4.74 Å². The number of amides is 1. The number of ether oxygens (including phenoxy) is 1. The Hall–Kier alpha value is -2.83. The molecule has 1 amide bonds. The highest BCUT2D eigenvalue weighted by Crippen LogP contribution is 2.35. The smallest absolute Gasteiger partial charge is 0.258 e. The Balaban J connectivity index is 1.39. The van der Waals surface area contributed by atoms with E-state index in [1.165, 1.54) is 24.5 Å². The Morgan fingerprint density at radius 3 is 2.45 bits per heavy atom. The average Bonchev–Trinajstić information content (AvgIpc) is 3.41. The Kier molecular flexibility index (Phi) is 10.8. The molecule has 2 fully saturated rings. The molecular formula is C30H45FN6O4S. The van der Waals surface area contributed by atoms with Gasteiger partial charge in [-0.1, -0.05) is 0 Å². The number of benzene rings is 1. The molecule has 0 aliphatic carbocycles. The van der Waals surface area contributed by atoms with E-state index in [1.807, 2.05) is 27.7 Å². The van der Waals surface area contributed by atoms with Crippen LogP contribution in [0.15, 0.2) is 30.7 Å². The lowest BCUT2D eigenvalue weighted by Gasteiger charge is -2.33. The van der Waals surface area contributed by atoms with Gasteiger partial charge in [0.1, 0.15) is 17.9 Å². The Labute approximate surface area is 249 Å². The number of hydrogen-bond acceptors (Lipinski definition) is 8. The van der Waals surface area contributed by atoms with Gasteiger partial charge in [0.25, 0.3) is 5.91 Å². The van der Waals surface area contributed by atoms with Gasteiger partial charge in [-0.3, -0.25) is 4.79 Å². The predicted molar refractivity (Wildman–Crippen MR) is 162 cm³/mol. The number of nitrogens with zero attached hydrogens (tertiary/aromatic N) is 5. The van der Waals surface area contributed by atoms with Crippen LogP contribution in [0.4, 0.5) is 10.2 Å². The Bertz CT molecular complexity index is 1310. The van der Waals surface area contributed by atoms with Crippen molar-refractivity contribution in [2.45, 2.75) is 66.0 Å². The average molecular weight is 605 g/mol. The summed E-state index contributed by atoms with van der Waals surface area (Å²) < 4.78 is 46.8. The maximum atomic E-state index is 14.3. The van der Waals surface area contributed by atoms with Gasteiger partial charge < -0.3 is 19.4 Å². The van der Waals surface area contributed by atoms with Crippen LogP contribution in [0, 0.1) is 17.7 Å². The number of carbonyl (C=O) groups excluding carboxylic acids is 1. The molecule has 2 aliphatic rings. The van der Waals surface area contributed by atoms with Gasteiger partial charge >= 0.3 is 0 Å². The van der Waals surface area contributed by atoms with Crippen molar-refractivity contribution in [2.75, 3.05) is 49.9 Å². The van der Waals surface area contributed by atoms with Crippen LogP contribution < -0.4 is 14.4 Å². The van der Waals surface area contributed by atoms with Crippen LogP contribution in [0.3, 0.4) is 0 Å². The second kappa shape index (κ2) is 14.1. The zero-order valence-corrected chi connectivity index (χ0v) is 26.2. The van der Waals surface area contributed by atoms with Gasteiger partial charge in [0.2, 0.25) is 10.0 Å². The number of sulfonamides is 1. The number of nitrogens with one attached hydrogen (secondary N) is 1. The van der Waals surface area contributed by atoms with Gasteiger partial charge in [-0.25, -0.2) is 27.5 Å². The summed E-state index contributed by atoms with van der Waals surface area (Å²) in [4.78, 5) is 28.6. The third-order valence-electron chi connectivity index (χ3n) is 8.18. The highest BCUT2D eigenvalue weighted by atomic mass is 32.2. The number of carbonyl (C=O) groups is 1. The molecule has 10 nitrogen and oxygen atoms in total. The van der Waals surface area contributed by atoms with Crippen molar-refractivity contribution < 1.29 is 22.3 Å². The van der Waals surface area contributed by atoms with Crippen molar-refractivity contribution in [3.8, 4) is 11.5 Å². The van der Waals surface area contributed by atoms with Crippen LogP contribution in [-0.2, 0) is 10.0 Å². The summed E-state index contributed by atoms with van der Waals surface area (Å²) in [7, 11) is -3.15. The SMILES string of the molecule is CCS(=O)(=O)NCC1CCN(C[C@@H]2CCN(c3ncncc3Oc3ccc(F)cc3C(=O)N(C(C)C)C(C)C)C2)CC1. The van der Waals surface area contributed by atoms with Crippen molar-refractivity contribution >= 4 is 21.7 Å². The van der Waals surface area contributed by atoms with Crippen molar-refractivity contribution in [1.82, 2.24) is 24.5 Å². The molecule has 4 rings (SSSR count). The summed E-state index contributed by atoms with van der Waals surface area (Å²) in [6.07, 6.45) is 6.06. The van der Waals surface area contributed by atoms with Gasteiger partial charge in [-0.05, 0) is 97.0 Å². The zero-order valence-electron chi connectivity index (χ0n) is 25.4. The minimum absolute atomic E-state index is 0.0644. The zero-order chi connectivity index (χ0) is 30.4. The molecule has 2 aromatic rings. The molecule has 1 N–H and O–H groups in total. The highest BCUT2D eigenvalue weighted by molar-refractivity contribution is 7.89. The largest absolute Gasteiger partial charge is 0.451 e. The maximum absolute atomic E-state index is 14.3. The summed E-state index contributed by atoms with van der Waals surface area (Å²) in [5.74, 6) is 1.50. The van der Waals surface area contributed by atoms with Gasteiger partial charge in [0, 0.05) is 38.3 Å². The molecule has 232 valence electrons. The van der Waals surface area contributed by atoms with Gasteiger partial charge in [-0.15, -0.1) is 0 Å². The summed E-state index contributed by atoms with van der Waals surface area (Å²) in [5.41, 5.74) is 0.164. The minimum atomic E-state index is -3.15. The molecule has 2 saturated heterocycles. The molecule has 42 heavy (non-hydrogen) atoms. The lowest BCUT2D eigenvalue weighted by Crippen LogP contribution is -2.42. The molecule has 12 heteroatoms. The predicted octanol–water partition coefficient (Wildman–Crippen LogP) is 4.14. The number of anilines is 1. The fraction of sp³-hybridized carbons (Fsp3) is 0.633. The van der Waals surface area contributed by atoms with E-state index in [2.05, 4.69) is 24.5 Å². The van der Waals surface area contributed by atoms with Gasteiger partial charge in [0.05, 0.1) is 17.5 Å². The first-order valence-electron chi connectivity index (χ1n) is 15.0. The third kappa shape index (κ3) is 8.17. The second-order valence-corrected chi connectivity index (χ2v) is 14.0. The van der Waals surface area contributed by atoms with Crippen molar-refractivity contribution in [2.24, 2.45) is 11.8 Å². The molecule has 2 aliphatic heterocycles. The monoisotopic (exact) mass is 604 g/mol. The molecule has 3 heterocycles. The molecule has 0 unspecified atom stereocenters. The Morgan fingerprint density at radius 2 is 1.79 bits per heavy atom. The van der Waals surface area contributed by atoms with Gasteiger partial charge in [-0.2, -0.15) is 0 Å². The number of piperidine rings is 1. The summed E-state index contributed by atoms with van der Waals surface area (Å²) in [6, 6.07) is 3.88. The van der Waals surface area contributed by atoms with Crippen molar-refractivity contribution in [3.63, 3.8) is 0 Å². The van der Waals surface area contributed by atoms with Crippen molar-refractivity contribution in [1.29, 1.82) is 0 Å². The van der Waals surface area contributed by atoms with Crippen LogP contribution in [-0.4, -0.2) is 91.2 Å². The lowest BCUT2D eigenvalue weighted by molar-refractivity contribution is 0.0640. The first-order valence-corrected chi connectivity index (χ1v) is 16.7. The number of hydrogen-bond donors (Lipinski definition) is 1. The van der Waals surface area contributed by atoms with E-state index in [0.717, 1.165) is 52.0 Å². The molecule has 0 saturated carbocycles. The molecule has 0 spiro atoms. The second-order valence-electron chi connectivity index (χ2n) is 11.9. The topological polar surface area (TPSA) is 108 Å². The van der Waals surface area contributed by atoms with E-state index in [9.17, 15) is 17.6 Å². The third-order valence-corrected chi connectivity index (χ3v) is 9.55. The van der Waals surface area contributed by atoms with Crippen LogP contribution in [0.1, 0.15) is 64.2 Å². The van der Waals surface area contributed by atoms with Crippen LogP contribution in [0.5, 0.6) is 11.5 Å². The fourth-order valence-corrected chi connectivity index (χ4v) is 6.65. The highest BCUT2D eigenvalue weighted by Gasteiger charge is 2.30. The first-order chi connectivity index (χ1) is 20.0. The summed E-state index contributed by atoms with van der Waals surface area (Å²) in [6.45, 7) is 14.4. The number of halogens is 1. The molecule has 1 aromatic carbocycles. The van der Waals surface area contributed by atoms with E-state index in [0.29, 0.717) is 29.9 Å². The quantitative estimate of drug-likeness (QED) is 0.385. The standard InChI is InChI=1S/C30H45FN6O4S/c1-6-42(39,40)34-16-23-9-12-35(13-10-23)18-24-11-14-36(19-24)29-28(17-32-20-33-29)41-27-8-7-25(31)15-26(27)30(38)37(21(2)3)22(4)5/h7-8,15,17,20-24,34H,6,9-14,16,18-19H2,1-5H3/t24-/m0/s1. The number of likely N-dealkylation sites (tertiary alicyclic amines) is 1. The molecular weight excluding hydrogens is 559 g/mol.